The highest BCUT2D eigenvalue weighted by atomic mass is 32.2. The van der Waals surface area contributed by atoms with Crippen LogP contribution in [0, 0.1) is 10.1 Å². The van der Waals surface area contributed by atoms with E-state index < -0.39 is 10.8 Å². The number of rotatable bonds is 6. The monoisotopic (exact) mass is 303 g/mol. The van der Waals surface area contributed by atoms with Gasteiger partial charge in [0.25, 0.3) is 5.69 Å². The number of benzene rings is 2. The van der Waals surface area contributed by atoms with Gasteiger partial charge in [0.15, 0.2) is 0 Å². The van der Waals surface area contributed by atoms with Crippen molar-refractivity contribution in [3.8, 4) is 0 Å². The zero-order chi connectivity index (χ0) is 15.2. The van der Waals surface area contributed by atoms with Gasteiger partial charge >= 0.3 is 0 Å². The minimum absolute atomic E-state index is 0.00722. The Morgan fingerprint density at radius 2 is 1.76 bits per heavy atom. The Balaban J connectivity index is 2.28. The molecule has 0 heterocycles. The number of nitrogens with one attached hydrogen (secondary N) is 1. The van der Waals surface area contributed by atoms with Crippen molar-refractivity contribution in [3.63, 3.8) is 0 Å². The number of para-hydroxylation sites is 3. The van der Waals surface area contributed by atoms with E-state index in [1.165, 1.54) is 17.8 Å². The van der Waals surface area contributed by atoms with Gasteiger partial charge in [0.2, 0.25) is 5.91 Å². The molecule has 0 saturated carbocycles. The summed E-state index contributed by atoms with van der Waals surface area (Å²) >= 11 is 1.28. The van der Waals surface area contributed by atoms with Gasteiger partial charge < -0.3 is 11.1 Å². The average molecular weight is 303 g/mol. The molecule has 0 saturated heterocycles. The largest absolute Gasteiger partial charge is 0.369 e. The number of anilines is 2. The highest BCUT2D eigenvalue weighted by Gasteiger charge is 2.13. The zero-order valence-electron chi connectivity index (χ0n) is 11.0. The summed E-state index contributed by atoms with van der Waals surface area (Å²) in [6.07, 6.45) is 0. The topological polar surface area (TPSA) is 98.3 Å². The maximum Gasteiger partial charge on any atom is 0.292 e. The van der Waals surface area contributed by atoms with Gasteiger partial charge in [0, 0.05) is 11.0 Å². The van der Waals surface area contributed by atoms with Crippen LogP contribution in [0.4, 0.5) is 17.1 Å². The van der Waals surface area contributed by atoms with E-state index in [-0.39, 0.29) is 11.4 Å². The Labute approximate surface area is 125 Å². The summed E-state index contributed by atoms with van der Waals surface area (Å²) in [6.45, 7) is 0. The maximum atomic E-state index is 11.0. The van der Waals surface area contributed by atoms with Crippen molar-refractivity contribution >= 4 is 34.7 Å². The molecule has 0 radical (unpaired) electrons. The molecule has 0 fully saturated rings. The minimum atomic E-state index is -0.443. The number of carbonyl (C=O) groups excluding carboxylic acids is 1. The Kier molecular flexibility index (Phi) is 4.78. The predicted octanol–water partition coefficient (Wildman–Crippen LogP) is 2.92. The van der Waals surface area contributed by atoms with Crippen LogP contribution in [0.5, 0.6) is 0 Å². The Morgan fingerprint density at radius 3 is 2.43 bits per heavy atom. The normalized spacial score (nSPS) is 10.1. The number of primary amides is 1. The first-order chi connectivity index (χ1) is 10.1. The van der Waals surface area contributed by atoms with Crippen molar-refractivity contribution in [2.24, 2.45) is 5.73 Å². The maximum absolute atomic E-state index is 11.0. The first-order valence-electron chi connectivity index (χ1n) is 6.08. The van der Waals surface area contributed by atoms with E-state index >= 15 is 0 Å². The van der Waals surface area contributed by atoms with Crippen LogP contribution >= 0.6 is 11.8 Å². The summed E-state index contributed by atoms with van der Waals surface area (Å²) in [7, 11) is 0. The lowest BCUT2D eigenvalue weighted by Crippen LogP contribution is -2.13. The number of nitro benzene ring substituents is 1. The quantitative estimate of drug-likeness (QED) is 0.485. The molecule has 2 aromatic carbocycles. The molecule has 0 aromatic heterocycles. The van der Waals surface area contributed by atoms with Gasteiger partial charge in [-0.2, -0.15) is 0 Å². The molecule has 0 atom stereocenters. The van der Waals surface area contributed by atoms with Crippen LogP contribution in [0.3, 0.4) is 0 Å². The summed E-state index contributed by atoms with van der Waals surface area (Å²) in [5.74, 6) is -0.268. The molecule has 21 heavy (non-hydrogen) atoms. The third-order valence-electron chi connectivity index (χ3n) is 2.63. The van der Waals surface area contributed by atoms with E-state index in [4.69, 9.17) is 5.73 Å². The predicted molar refractivity (Wildman–Crippen MR) is 82.7 cm³/mol. The second kappa shape index (κ2) is 6.76. The molecule has 7 heteroatoms. The van der Waals surface area contributed by atoms with Crippen molar-refractivity contribution in [1.82, 2.24) is 0 Å². The van der Waals surface area contributed by atoms with Gasteiger partial charge in [-0.1, -0.05) is 24.3 Å². The van der Waals surface area contributed by atoms with Gasteiger partial charge in [0.1, 0.15) is 5.69 Å². The molecule has 3 N–H and O–H groups in total. The fourth-order valence-corrected chi connectivity index (χ4v) is 2.48. The number of nitro groups is 1. The SMILES string of the molecule is NC(=O)CSc1ccccc1Nc1ccccc1[N+](=O)[O-]. The third kappa shape index (κ3) is 3.96. The van der Waals surface area contributed by atoms with Crippen LogP contribution in [0.25, 0.3) is 0 Å². The van der Waals surface area contributed by atoms with Crippen LogP contribution in [0.1, 0.15) is 0 Å². The van der Waals surface area contributed by atoms with Crippen molar-refractivity contribution in [2.45, 2.75) is 4.90 Å². The van der Waals surface area contributed by atoms with Crippen LogP contribution < -0.4 is 11.1 Å². The summed E-state index contributed by atoms with van der Waals surface area (Å²) < 4.78 is 0. The molecule has 2 rings (SSSR count). The lowest BCUT2D eigenvalue weighted by molar-refractivity contribution is -0.383. The summed E-state index contributed by atoms with van der Waals surface area (Å²) in [5, 5.41) is 14.0. The molecule has 0 aliphatic carbocycles. The molecule has 0 aliphatic heterocycles. The van der Waals surface area contributed by atoms with Crippen LogP contribution in [0.15, 0.2) is 53.4 Å². The summed E-state index contributed by atoms with van der Waals surface area (Å²) in [4.78, 5) is 22.2. The first kappa shape index (κ1) is 14.9. The number of thioether (sulfide) groups is 1. The molecular formula is C14H13N3O3S. The molecule has 0 unspecified atom stereocenters. The van der Waals surface area contributed by atoms with Crippen molar-refractivity contribution in [2.75, 3.05) is 11.1 Å². The molecular weight excluding hydrogens is 290 g/mol. The second-order valence-corrected chi connectivity index (χ2v) is 5.17. The van der Waals surface area contributed by atoms with Gasteiger partial charge in [-0.15, -0.1) is 11.8 Å². The molecule has 1 amide bonds. The molecule has 0 spiro atoms. The molecule has 108 valence electrons. The van der Waals surface area contributed by atoms with E-state index in [9.17, 15) is 14.9 Å². The van der Waals surface area contributed by atoms with E-state index in [1.54, 1.807) is 24.3 Å². The Morgan fingerprint density at radius 1 is 1.14 bits per heavy atom. The van der Waals surface area contributed by atoms with Crippen LogP contribution in [-0.2, 0) is 4.79 Å². The number of carbonyl (C=O) groups is 1. The molecule has 0 bridgehead atoms. The molecule has 6 nitrogen and oxygen atoms in total. The van der Waals surface area contributed by atoms with Gasteiger partial charge in [-0.3, -0.25) is 14.9 Å². The van der Waals surface area contributed by atoms with Crippen molar-refractivity contribution in [1.29, 1.82) is 0 Å². The zero-order valence-corrected chi connectivity index (χ0v) is 11.8. The standard InChI is InChI=1S/C14H13N3O3S/c15-14(18)9-21-13-8-4-2-6-11(13)16-10-5-1-3-7-12(10)17(19)20/h1-8,16H,9H2,(H2,15,18). The number of nitrogens with zero attached hydrogens (tertiary/aromatic N) is 1. The second-order valence-electron chi connectivity index (χ2n) is 4.15. The van der Waals surface area contributed by atoms with Crippen LogP contribution in [-0.4, -0.2) is 16.6 Å². The minimum Gasteiger partial charge on any atom is -0.369 e. The molecule has 2 aromatic rings. The number of hydrogen-bond acceptors (Lipinski definition) is 5. The van der Waals surface area contributed by atoms with Crippen molar-refractivity contribution < 1.29 is 9.72 Å². The molecule has 0 aliphatic rings. The van der Waals surface area contributed by atoms with E-state index in [2.05, 4.69) is 5.32 Å². The lowest BCUT2D eigenvalue weighted by atomic mass is 10.2. The van der Waals surface area contributed by atoms with E-state index in [1.807, 2.05) is 18.2 Å². The third-order valence-corrected chi connectivity index (χ3v) is 3.72. The smallest absolute Gasteiger partial charge is 0.292 e. The highest BCUT2D eigenvalue weighted by molar-refractivity contribution is 8.00. The van der Waals surface area contributed by atoms with Gasteiger partial charge in [-0.25, -0.2) is 0 Å². The van der Waals surface area contributed by atoms with Crippen LogP contribution in [0.2, 0.25) is 0 Å². The fraction of sp³-hybridized carbons (Fsp3) is 0.0714. The van der Waals surface area contributed by atoms with Gasteiger partial charge in [0.05, 0.1) is 16.4 Å². The number of hydrogen-bond donors (Lipinski definition) is 2. The summed E-state index contributed by atoms with van der Waals surface area (Å²) in [6, 6.07) is 13.6. The first-order valence-corrected chi connectivity index (χ1v) is 7.07. The van der Waals surface area contributed by atoms with E-state index in [0.717, 1.165) is 4.90 Å². The Hall–Kier alpha value is -2.54. The average Bonchev–Trinajstić information content (AvgIpc) is 2.46. The summed E-state index contributed by atoms with van der Waals surface area (Å²) in [5.41, 5.74) is 6.22. The van der Waals surface area contributed by atoms with Crippen molar-refractivity contribution in [3.05, 3.63) is 58.6 Å². The number of nitrogens with two attached hydrogens (primary N) is 1. The fourth-order valence-electron chi connectivity index (χ4n) is 1.73. The Bertz CT molecular complexity index is 676. The van der Waals surface area contributed by atoms with Gasteiger partial charge in [-0.05, 0) is 18.2 Å². The highest BCUT2D eigenvalue weighted by Crippen LogP contribution is 2.32. The lowest BCUT2D eigenvalue weighted by Gasteiger charge is -2.11. The number of amides is 1. The van der Waals surface area contributed by atoms with E-state index in [0.29, 0.717) is 11.4 Å².